The van der Waals surface area contributed by atoms with Crippen LogP contribution in [0, 0.1) is 5.82 Å². The third-order valence-corrected chi connectivity index (χ3v) is 4.11. The van der Waals surface area contributed by atoms with Crippen LogP contribution in [0.3, 0.4) is 0 Å². The fourth-order valence-corrected chi connectivity index (χ4v) is 3.05. The molecule has 0 spiro atoms. The van der Waals surface area contributed by atoms with E-state index < -0.39 is 5.97 Å². The lowest BCUT2D eigenvalue weighted by molar-refractivity contribution is 0.0702. The second-order valence-corrected chi connectivity index (χ2v) is 5.18. The van der Waals surface area contributed by atoms with Gasteiger partial charge in [0, 0.05) is 12.2 Å². The van der Waals surface area contributed by atoms with E-state index in [0.717, 1.165) is 29.2 Å². The van der Waals surface area contributed by atoms with Crippen molar-refractivity contribution in [2.24, 2.45) is 0 Å². The molecule has 0 saturated carbocycles. The molecule has 18 heavy (non-hydrogen) atoms. The molecule has 0 atom stereocenters. The molecule has 2 heterocycles. The van der Waals surface area contributed by atoms with Crippen LogP contribution < -0.4 is 4.90 Å². The monoisotopic (exact) mass is 263 g/mol. The van der Waals surface area contributed by atoms with Gasteiger partial charge in [0.1, 0.15) is 10.7 Å². The Labute approximate surface area is 107 Å². The topological polar surface area (TPSA) is 40.5 Å². The summed E-state index contributed by atoms with van der Waals surface area (Å²) >= 11 is 1.21. The van der Waals surface area contributed by atoms with E-state index in [-0.39, 0.29) is 5.82 Å². The zero-order valence-electron chi connectivity index (χ0n) is 9.39. The van der Waals surface area contributed by atoms with E-state index in [0.29, 0.717) is 4.88 Å². The predicted molar refractivity (Wildman–Crippen MR) is 68.4 cm³/mol. The van der Waals surface area contributed by atoms with Gasteiger partial charge in [0.15, 0.2) is 0 Å². The number of halogens is 1. The first-order chi connectivity index (χ1) is 8.65. The molecule has 2 aromatic rings. The van der Waals surface area contributed by atoms with Crippen LogP contribution >= 0.6 is 11.3 Å². The SMILES string of the molecule is O=C(O)c1ccc(N2CCc3ccc(F)cc32)s1. The third-order valence-electron chi connectivity index (χ3n) is 3.01. The van der Waals surface area contributed by atoms with Crippen LogP contribution in [0.25, 0.3) is 0 Å². The molecule has 1 N–H and O–H groups in total. The molecule has 1 aromatic carbocycles. The number of aromatic carboxylic acids is 1. The summed E-state index contributed by atoms with van der Waals surface area (Å²) < 4.78 is 13.3. The maximum Gasteiger partial charge on any atom is 0.345 e. The Kier molecular flexibility index (Phi) is 2.56. The summed E-state index contributed by atoms with van der Waals surface area (Å²) in [5.74, 6) is -1.19. The average molecular weight is 263 g/mol. The van der Waals surface area contributed by atoms with Gasteiger partial charge in [-0.05, 0) is 36.2 Å². The van der Waals surface area contributed by atoms with Crippen molar-refractivity contribution in [1.82, 2.24) is 0 Å². The number of anilines is 2. The van der Waals surface area contributed by atoms with Crippen LogP contribution in [0.2, 0.25) is 0 Å². The van der Waals surface area contributed by atoms with Gasteiger partial charge in [-0.25, -0.2) is 9.18 Å². The standard InChI is InChI=1S/C13H10FNO2S/c14-9-2-1-8-5-6-15(10(8)7-9)12-4-3-11(18-12)13(16)17/h1-4,7H,5-6H2,(H,16,17). The molecule has 0 saturated heterocycles. The number of nitrogens with zero attached hydrogens (tertiary/aromatic N) is 1. The Morgan fingerprint density at radius 1 is 1.33 bits per heavy atom. The fraction of sp³-hybridized carbons (Fsp3) is 0.154. The summed E-state index contributed by atoms with van der Waals surface area (Å²) in [6.45, 7) is 0.762. The number of fused-ring (bicyclic) bond motifs is 1. The van der Waals surface area contributed by atoms with Gasteiger partial charge in [-0.3, -0.25) is 0 Å². The highest BCUT2D eigenvalue weighted by Crippen LogP contribution is 2.38. The van der Waals surface area contributed by atoms with Gasteiger partial charge < -0.3 is 10.0 Å². The summed E-state index contributed by atoms with van der Waals surface area (Å²) in [7, 11) is 0. The molecule has 0 radical (unpaired) electrons. The maximum absolute atomic E-state index is 13.3. The van der Waals surface area contributed by atoms with E-state index in [1.54, 1.807) is 18.2 Å². The smallest absolute Gasteiger partial charge is 0.345 e. The first-order valence-electron chi connectivity index (χ1n) is 5.54. The summed E-state index contributed by atoms with van der Waals surface area (Å²) in [6, 6.07) is 8.10. The lowest BCUT2D eigenvalue weighted by Gasteiger charge is -2.16. The lowest BCUT2D eigenvalue weighted by Crippen LogP contribution is -2.11. The predicted octanol–water partition coefficient (Wildman–Crippen LogP) is 3.28. The van der Waals surface area contributed by atoms with Gasteiger partial charge >= 0.3 is 5.97 Å². The molecule has 1 aliphatic heterocycles. The molecule has 0 bridgehead atoms. The van der Waals surface area contributed by atoms with Crippen molar-refractivity contribution >= 4 is 28.0 Å². The Morgan fingerprint density at radius 2 is 2.17 bits per heavy atom. The van der Waals surface area contributed by atoms with Gasteiger partial charge in [0.25, 0.3) is 0 Å². The number of carbonyl (C=O) groups is 1. The fourth-order valence-electron chi connectivity index (χ4n) is 2.17. The van der Waals surface area contributed by atoms with Gasteiger partial charge in [-0.2, -0.15) is 0 Å². The highest BCUT2D eigenvalue weighted by molar-refractivity contribution is 7.17. The highest BCUT2D eigenvalue weighted by atomic mass is 32.1. The Hall–Kier alpha value is -1.88. The van der Waals surface area contributed by atoms with Gasteiger partial charge in [-0.1, -0.05) is 6.07 Å². The van der Waals surface area contributed by atoms with E-state index in [1.165, 1.54) is 23.5 Å². The van der Waals surface area contributed by atoms with E-state index in [2.05, 4.69) is 0 Å². The van der Waals surface area contributed by atoms with Gasteiger partial charge in [-0.15, -0.1) is 11.3 Å². The number of carboxylic acids is 1. The van der Waals surface area contributed by atoms with E-state index in [1.807, 2.05) is 4.90 Å². The zero-order valence-corrected chi connectivity index (χ0v) is 10.2. The molecular formula is C13H10FNO2S. The Morgan fingerprint density at radius 3 is 2.89 bits per heavy atom. The minimum Gasteiger partial charge on any atom is -0.477 e. The normalized spacial score (nSPS) is 13.7. The van der Waals surface area contributed by atoms with Crippen molar-refractivity contribution in [2.75, 3.05) is 11.4 Å². The van der Waals surface area contributed by atoms with Crippen molar-refractivity contribution in [3.63, 3.8) is 0 Å². The van der Waals surface area contributed by atoms with Crippen molar-refractivity contribution in [2.45, 2.75) is 6.42 Å². The number of benzene rings is 1. The Balaban J connectivity index is 2.00. The van der Waals surface area contributed by atoms with Gasteiger partial charge in [0.2, 0.25) is 0 Å². The summed E-state index contributed by atoms with van der Waals surface area (Å²) in [4.78, 5) is 13.1. The number of hydrogen-bond donors (Lipinski definition) is 1. The number of rotatable bonds is 2. The molecular weight excluding hydrogens is 253 g/mol. The van der Waals surface area contributed by atoms with Crippen LogP contribution in [-0.4, -0.2) is 17.6 Å². The van der Waals surface area contributed by atoms with E-state index >= 15 is 0 Å². The molecule has 5 heteroatoms. The van der Waals surface area contributed by atoms with Crippen molar-refractivity contribution in [1.29, 1.82) is 0 Å². The van der Waals surface area contributed by atoms with Crippen molar-refractivity contribution in [3.8, 4) is 0 Å². The number of hydrogen-bond acceptors (Lipinski definition) is 3. The van der Waals surface area contributed by atoms with Crippen molar-refractivity contribution < 1.29 is 14.3 Å². The summed E-state index contributed by atoms with van der Waals surface area (Å²) in [6.07, 6.45) is 0.857. The number of carboxylic acid groups (broad SMARTS) is 1. The second-order valence-electron chi connectivity index (χ2n) is 4.12. The van der Waals surface area contributed by atoms with E-state index in [4.69, 9.17) is 5.11 Å². The van der Waals surface area contributed by atoms with E-state index in [9.17, 15) is 9.18 Å². The summed E-state index contributed by atoms with van der Waals surface area (Å²) in [5, 5.41) is 9.76. The van der Waals surface area contributed by atoms with Crippen LogP contribution in [0.4, 0.5) is 15.1 Å². The minimum absolute atomic E-state index is 0.268. The molecule has 0 unspecified atom stereocenters. The molecule has 1 aromatic heterocycles. The van der Waals surface area contributed by atoms with Crippen LogP contribution in [0.1, 0.15) is 15.2 Å². The first kappa shape index (κ1) is 11.2. The third kappa shape index (κ3) is 1.76. The van der Waals surface area contributed by atoms with Crippen LogP contribution in [0.5, 0.6) is 0 Å². The second kappa shape index (κ2) is 4.10. The molecule has 3 rings (SSSR count). The lowest BCUT2D eigenvalue weighted by atomic mass is 10.2. The molecule has 1 aliphatic rings. The Bertz CT molecular complexity index is 623. The molecule has 3 nitrogen and oxygen atoms in total. The molecule has 92 valence electrons. The van der Waals surface area contributed by atoms with Crippen molar-refractivity contribution in [3.05, 3.63) is 46.6 Å². The quantitative estimate of drug-likeness (QED) is 0.904. The molecule has 0 fully saturated rings. The molecule has 0 aliphatic carbocycles. The van der Waals surface area contributed by atoms with Gasteiger partial charge in [0.05, 0.1) is 5.00 Å². The first-order valence-corrected chi connectivity index (χ1v) is 6.36. The largest absolute Gasteiger partial charge is 0.477 e. The zero-order chi connectivity index (χ0) is 12.7. The van der Waals surface area contributed by atoms with Crippen LogP contribution in [0.15, 0.2) is 30.3 Å². The summed E-state index contributed by atoms with van der Waals surface area (Å²) in [5.41, 5.74) is 1.94. The van der Waals surface area contributed by atoms with Crippen LogP contribution in [-0.2, 0) is 6.42 Å². The highest BCUT2D eigenvalue weighted by Gasteiger charge is 2.22. The average Bonchev–Trinajstić information content (AvgIpc) is 2.93. The number of thiophene rings is 1. The maximum atomic E-state index is 13.3. The molecule has 0 amide bonds. The minimum atomic E-state index is -0.926.